The number of rotatable bonds is 4. The Kier molecular flexibility index (Phi) is 5.17. The molecule has 4 nitrogen and oxygen atoms in total. The van der Waals surface area contributed by atoms with Crippen molar-refractivity contribution in [2.45, 2.75) is 27.2 Å². The molecule has 0 aliphatic rings. The van der Waals surface area contributed by atoms with Crippen LogP contribution in [-0.4, -0.2) is 17.4 Å². The number of nitrogens with one attached hydrogen (secondary N) is 2. The summed E-state index contributed by atoms with van der Waals surface area (Å²) in [6.45, 7) is 6.53. The molecule has 5 heteroatoms. The number of hydrogen-bond donors (Lipinski definition) is 2. The first-order valence-electron chi connectivity index (χ1n) is 5.63. The number of hydrogen-bond acceptors (Lipinski definition) is 2. The Morgan fingerprint density at radius 2 is 2.24 bits per heavy atom. The van der Waals surface area contributed by atoms with E-state index >= 15 is 0 Å². The molecule has 17 heavy (non-hydrogen) atoms. The smallest absolute Gasteiger partial charge is 0.261 e. The van der Waals surface area contributed by atoms with Gasteiger partial charge in [0, 0.05) is 15.8 Å². The average molecular weight is 348 g/mol. The van der Waals surface area contributed by atoms with Gasteiger partial charge in [-0.15, -0.1) is 0 Å². The third kappa shape index (κ3) is 3.83. The molecule has 1 atom stereocenters. The standard InChI is InChI=1S/C12H17IN2O2/c1-4-7(2)6-14-11(16)9-5-10(13)8(3)15-12(9)17/h5,7H,4,6H2,1-3H3,(H,14,16)(H,15,17)/t7-/m1/s1. The Bertz CT molecular complexity index is 468. The van der Waals surface area contributed by atoms with Crippen molar-refractivity contribution in [2.75, 3.05) is 6.54 Å². The SMILES string of the molecule is CC[C@@H](C)CNC(=O)c1cc(I)c(C)[nH]c1=O. The number of aromatic nitrogens is 1. The molecule has 0 radical (unpaired) electrons. The van der Waals surface area contributed by atoms with Gasteiger partial charge in [0.05, 0.1) is 0 Å². The number of amides is 1. The van der Waals surface area contributed by atoms with Gasteiger partial charge < -0.3 is 10.3 Å². The van der Waals surface area contributed by atoms with Crippen molar-refractivity contribution in [3.63, 3.8) is 0 Å². The molecule has 0 unspecified atom stereocenters. The zero-order chi connectivity index (χ0) is 13.0. The lowest BCUT2D eigenvalue weighted by molar-refractivity contribution is 0.0946. The molecule has 1 rings (SSSR count). The second-order valence-electron chi connectivity index (χ2n) is 4.21. The van der Waals surface area contributed by atoms with Gasteiger partial charge in [0.25, 0.3) is 11.5 Å². The summed E-state index contributed by atoms with van der Waals surface area (Å²) in [5.41, 5.74) is 0.641. The monoisotopic (exact) mass is 348 g/mol. The fraction of sp³-hybridized carbons (Fsp3) is 0.500. The first-order valence-corrected chi connectivity index (χ1v) is 6.71. The lowest BCUT2D eigenvalue weighted by Crippen LogP contribution is -2.32. The van der Waals surface area contributed by atoms with E-state index in [9.17, 15) is 9.59 Å². The van der Waals surface area contributed by atoms with Crippen LogP contribution in [0.3, 0.4) is 0 Å². The predicted molar refractivity (Wildman–Crippen MR) is 76.3 cm³/mol. The Hall–Kier alpha value is -0.850. The molecular weight excluding hydrogens is 331 g/mol. The molecule has 0 saturated heterocycles. The number of carbonyl (C=O) groups excluding carboxylic acids is 1. The molecule has 0 saturated carbocycles. The van der Waals surface area contributed by atoms with Crippen LogP contribution in [0.25, 0.3) is 0 Å². The van der Waals surface area contributed by atoms with Crippen LogP contribution < -0.4 is 10.9 Å². The number of pyridine rings is 1. The van der Waals surface area contributed by atoms with Crippen molar-refractivity contribution in [3.05, 3.63) is 31.2 Å². The molecule has 0 spiro atoms. The molecule has 0 fully saturated rings. The van der Waals surface area contributed by atoms with Crippen molar-refractivity contribution in [3.8, 4) is 0 Å². The second kappa shape index (κ2) is 6.18. The number of aryl methyl sites for hydroxylation is 1. The van der Waals surface area contributed by atoms with Crippen LogP contribution in [0.15, 0.2) is 10.9 Å². The largest absolute Gasteiger partial charge is 0.352 e. The molecule has 0 bridgehead atoms. The zero-order valence-electron chi connectivity index (χ0n) is 10.3. The van der Waals surface area contributed by atoms with E-state index in [-0.39, 0.29) is 17.0 Å². The summed E-state index contributed by atoms with van der Waals surface area (Å²) < 4.78 is 0.885. The van der Waals surface area contributed by atoms with Gasteiger partial charge in [-0.1, -0.05) is 20.3 Å². The van der Waals surface area contributed by atoms with E-state index in [1.807, 2.05) is 6.92 Å². The highest BCUT2D eigenvalue weighted by molar-refractivity contribution is 14.1. The van der Waals surface area contributed by atoms with Gasteiger partial charge in [-0.2, -0.15) is 0 Å². The third-order valence-electron chi connectivity index (χ3n) is 2.73. The quantitative estimate of drug-likeness (QED) is 0.819. The van der Waals surface area contributed by atoms with Gasteiger partial charge >= 0.3 is 0 Å². The first-order chi connectivity index (χ1) is 7.95. The van der Waals surface area contributed by atoms with Crippen LogP contribution in [0.5, 0.6) is 0 Å². The van der Waals surface area contributed by atoms with Crippen LogP contribution >= 0.6 is 22.6 Å². The first kappa shape index (κ1) is 14.2. The van der Waals surface area contributed by atoms with E-state index in [1.54, 1.807) is 6.07 Å². The minimum absolute atomic E-state index is 0.184. The van der Waals surface area contributed by atoms with E-state index < -0.39 is 0 Å². The minimum atomic E-state index is -0.329. The van der Waals surface area contributed by atoms with E-state index in [0.717, 1.165) is 15.7 Å². The number of H-pyrrole nitrogens is 1. The lowest BCUT2D eigenvalue weighted by Gasteiger charge is -2.10. The van der Waals surface area contributed by atoms with E-state index in [2.05, 4.69) is 46.7 Å². The third-order valence-corrected chi connectivity index (χ3v) is 3.85. The summed E-state index contributed by atoms with van der Waals surface area (Å²) in [7, 11) is 0. The van der Waals surface area contributed by atoms with Gasteiger partial charge in [0.1, 0.15) is 5.56 Å². The van der Waals surface area contributed by atoms with Gasteiger partial charge in [-0.25, -0.2) is 0 Å². The molecule has 1 amide bonds. The summed E-state index contributed by atoms with van der Waals surface area (Å²) >= 11 is 2.10. The Balaban J connectivity index is 2.83. The Morgan fingerprint density at radius 3 is 2.82 bits per heavy atom. The van der Waals surface area contributed by atoms with E-state index in [4.69, 9.17) is 0 Å². The molecular formula is C12H17IN2O2. The molecule has 94 valence electrons. The van der Waals surface area contributed by atoms with Crippen LogP contribution in [0.1, 0.15) is 36.3 Å². The highest BCUT2D eigenvalue weighted by Gasteiger charge is 2.12. The van der Waals surface area contributed by atoms with Crippen molar-refractivity contribution < 1.29 is 4.79 Å². The van der Waals surface area contributed by atoms with Crippen molar-refractivity contribution in [1.82, 2.24) is 10.3 Å². The molecule has 2 N–H and O–H groups in total. The summed E-state index contributed by atoms with van der Waals surface area (Å²) in [4.78, 5) is 26.1. The second-order valence-corrected chi connectivity index (χ2v) is 5.37. The molecule has 1 aromatic rings. The van der Waals surface area contributed by atoms with E-state index in [1.165, 1.54) is 0 Å². The topological polar surface area (TPSA) is 62.0 Å². The highest BCUT2D eigenvalue weighted by Crippen LogP contribution is 2.08. The Morgan fingerprint density at radius 1 is 1.59 bits per heavy atom. The lowest BCUT2D eigenvalue weighted by atomic mass is 10.1. The number of carbonyl (C=O) groups is 1. The summed E-state index contributed by atoms with van der Waals surface area (Å²) in [5, 5.41) is 2.77. The van der Waals surface area contributed by atoms with Gasteiger partial charge in [0.15, 0.2) is 0 Å². The Labute approximate surface area is 114 Å². The average Bonchev–Trinajstić information content (AvgIpc) is 2.30. The maximum Gasteiger partial charge on any atom is 0.261 e. The molecule has 1 heterocycles. The molecule has 0 aliphatic carbocycles. The maximum atomic E-state index is 11.8. The van der Waals surface area contributed by atoms with E-state index in [0.29, 0.717) is 12.5 Å². The van der Waals surface area contributed by atoms with Crippen LogP contribution in [-0.2, 0) is 0 Å². The number of aromatic amines is 1. The minimum Gasteiger partial charge on any atom is -0.352 e. The zero-order valence-corrected chi connectivity index (χ0v) is 12.4. The molecule has 0 aliphatic heterocycles. The van der Waals surface area contributed by atoms with Crippen molar-refractivity contribution in [1.29, 1.82) is 0 Å². The molecule has 1 aromatic heterocycles. The highest BCUT2D eigenvalue weighted by atomic mass is 127. The van der Waals surface area contributed by atoms with Crippen molar-refractivity contribution in [2.24, 2.45) is 5.92 Å². The predicted octanol–water partition coefficient (Wildman–Crippen LogP) is 2.06. The maximum absolute atomic E-state index is 11.8. The van der Waals surface area contributed by atoms with Crippen LogP contribution in [0, 0.1) is 16.4 Å². The van der Waals surface area contributed by atoms with Gasteiger partial charge in [-0.05, 0) is 41.5 Å². The van der Waals surface area contributed by atoms with Gasteiger partial charge in [0.2, 0.25) is 0 Å². The van der Waals surface area contributed by atoms with Gasteiger partial charge in [-0.3, -0.25) is 9.59 Å². The van der Waals surface area contributed by atoms with Crippen molar-refractivity contribution >= 4 is 28.5 Å². The summed E-state index contributed by atoms with van der Waals surface area (Å²) in [6, 6.07) is 1.63. The normalized spacial score (nSPS) is 12.2. The van der Waals surface area contributed by atoms with Crippen LogP contribution in [0.4, 0.5) is 0 Å². The molecule has 0 aromatic carbocycles. The van der Waals surface area contributed by atoms with Crippen LogP contribution in [0.2, 0.25) is 0 Å². The summed E-state index contributed by atoms with van der Waals surface area (Å²) in [5.74, 6) is 0.118. The fourth-order valence-corrected chi connectivity index (χ4v) is 1.72. The summed E-state index contributed by atoms with van der Waals surface area (Å²) in [6.07, 6.45) is 1.00. The fourth-order valence-electron chi connectivity index (χ4n) is 1.27. The number of halogens is 1.